The maximum Gasteiger partial charge on any atom is 0.788 e. The normalized spacial score (nSPS) is 10.8. The van der Waals surface area contributed by atoms with Gasteiger partial charge in [-0.15, -0.1) is 0 Å². The van der Waals surface area contributed by atoms with Gasteiger partial charge >= 0.3 is 7.32 Å². The number of likely N-dealkylation sites (N-methyl/N-ethyl adjacent to an activating group) is 1. The maximum absolute atomic E-state index is 6.16. The predicted molar refractivity (Wildman–Crippen MR) is 104 cm³/mol. The van der Waals surface area contributed by atoms with Crippen molar-refractivity contribution in [2.45, 2.75) is 13.8 Å². The molecule has 0 heterocycles. The van der Waals surface area contributed by atoms with E-state index in [0.29, 0.717) is 28.2 Å². The van der Waals surface area contributed by atoms with Crippen molar-refractivity contribution in [2.24, 2.45) is 0 Å². The summed E-state index contributed by atoms with van der Waals surface area (Å²) in [6, 6.07) is 10.9. The summed E-state index contributed by atoms with van der Waals surface area (Å²) in [5, 5.41) is 1.26. The van der Waals surface area contributed by atoms with Crippen molar-refractivity contribution in [3.63, 3.8) is 0 Å². The summed E-state index contributed by atoms with van der Waals surface area (Å²) in [5.41, 5.74) is 1.95. The van der Waals surface area contributed by atoms with Crippen LogP contribution in [0.15, 0.2) is 36.4 Å². The van der Waals surface area contributed by atoms with Crippen molar-refractivity contribution in [1.82, 2.24) is 4.90 Å². The lowest BCUT2D eigenvalue weighted by atomic mass is 10.1. The van der Waals surface area contributed by atoms with Gasteiger partial charge in [-0.3, -0.25) is 0 Å². The summed E-state index contributed by atoms with van der Waals surface area (Å²) in [4.78, 5) is 2.02. The molecule has 0 saturated heterocycles. The van der Waals surface area contributed by atoms with Gasteiger partial charge < -0.3 is 18.9 Å². The van der Waals surface area contributed by atoms with Gasteiger partial charge in [0.25, 0.3) is 0 Å². The molecule has 7 heteroatoms. The maximum atomic E-state index is 6.16. The topological polar surface area (TPSA) is 30.9 Å². The monoisotopic (exact) mass is 381 g/mol. The van der Waals surface area contributed by atoms with Gasteiger partial charge in [0, 0.05) is 23.2 Å². The van der Waals surface area contributed by atoms with Crippen LogP contribution in [0.4, 0.5) is 0 Å². The third-order valence-electron chi connectivity index (χ3n) is 3.54. The summed E-state index contributed by atoms with van der Waals surface area (Å²) in [5.74, 6) is 1.15. The fraction of sp³-hybridized carbons (Fsp3) is 0.333. The van der Waals surface area contributed by atoms with Crippen LogP contribution in [0.25, 0.3) is 0 Å². The highest BCUT2D eigenvalue weighted by Crippen LogP contribution is 2.25. The fourth-order valence-electron chi connectivity index (χ4n) is 1.94. The highest BCUT2D eigenvalue weighted by Gasteiger charge is 2.27. The second kappa shape index (κ2) is 9.34. The van der Waals surface area contributed by atoms with Crippen LogP contribution in [-0.4, -0.2) is 39.5 Å². The molecule has 0 saturated carbocycles. The second-order valence-electron chi connectivity index (χ2n) is 6.02. The van der Waals surface area contributed by atoms with E-state index in [1.165, 1.54) is 0 Å². The Hall–Kier alpha value is -1.40. The number of hydrogen-bond acceptors (Lipinski definition) is 4. The Morgan fingerprint density at radius 2 is 1.36 bits per heavy atom. The zero-order valence-electron chi connectivity index (χ0n) is 14.9. The van der Waals surface area contributed by atoms with Crippen molar-refractivity contribution < 1.29 is 14.0 Å². The van der Waals surface area contributed by atoms with Crippen LogP contribution < -0.4 is 9.31 Å². The third-order valence-corrected chi connectivity index (χ3v) is 4.36. The van der Waals surface area contributed by atoms with Gasteiger partial charge in [0.15, 0.2) is 0 Å². The van der Waals surface area contributed by atoms with E-state index in [-0.39, 0.29) is 0 Å². The first-order chi connectivity index (χ1) is 11.8. The Bertz CT molecular complexity index is 659. The lowest BCUT2D eigenvalue weighted by Crippen LogP contribution is -2.36. The van der Waals surface area contributed by atoms with Crippen LogP contribution in [0, 0.1) is 13.8 Å². The predicted octanol–water partition coefficient (Wildman–Crippen LogP) is 4.63. The molecule has 25 heavy (non-hydrogen) atoms. The molecule has 0 amide bonds. The van der Waals surface area contributed by atoms with Gasteiger partial charge in [-0.25, -0.2) is 0 Å². The van der Waals surface area contributed by atoms with Crippen LogP contribution in [0.1, 0.15) is 11.1 Å². The molecule has 0 bridgehead atoms. The van der Waals surface area contributed by atoms with Crippen molar-refractivity contribution >= 4 is 30.5 Å². The molecule has 0 N–H and O–H groups in total. The van der Waals surface area contributed by atoms with Gasteiger partial charge in [0.1, 0.15) is 11.5 Å². The molecule has 134 valence electrons. The number of benzene rings is 2. The zero-order valence-corrected chi connectivity index (χ0v) is 16.4. The van der Waals surface area contributed by atoms with E-state index in [1.807, 2.05) is 57.1 Å². The van der Waals surface area contributed by atoms with Crippen LogP contribution in [0.3, 0.4) is 0 Å². The Morgan fingerprint density at radius 3 is 1.76 bits per heavy atom. The minimum atomic E-state index is -0.905. The highest BCUT2D eigenvalue weighted by atomic mass is 35.5. The van der Waals surface area contributed by atoms with Gasteiger partial charge in [-0.2, -0.15) is 0 Å². The van der Waals surface area contributed by atoms with Gasteiger partial charge in [-0.1, -0.05) is 35.3 Å². The molecular weight excluding hydrogens is 360 g/mol. The summed E-state index contributed by atoms with van der Waals surface area (Å²) >= 11 is 12.3. The molecule has 0 aliphatic carbocycles. The third kappa shape index (κ3) is 6.44. The molecule has 2 aromatic carbocycles. The summed E-state index contributed by atoms with van der Waals surface area (Å²) in [6.07, 6.45) is 0. The Morgan fingerprint density at radius 1 is 0.880 bits per heavy atom. The van der Waals surface area contributed by atoms with E-state index < -0.39 is 7.32 Å². The van der Waals surface area contributed by atoms with E-state index in [4.69, 9.17) is 37.2 Å². The molecule has 4 nitrogen and oxygen atoms in total. The van der Waals surface area contributed by atoms with Crippen LogP contribution >= 0.6 is 23.2 Å². The van der Waals surface area contributed by atoms with E-state index in [0.717, 1.165) is 17.7 Å². The number of hydrogen-bond donors (Lipinski definition) is 0. The summed E-state index contributed by atoms with van der Waals surface area (Å²) in [6.45, 7) is 5.06. The van der Waals surface area contributed by atoms with Gasteiger partial charge in [0.05, 0.1) is 0 Å². The number of nitrogens with zero attached hydrogens (tertiary/aromatic N) is 1. The molecule has 2 rings (SSSR count). The highest BCUT2D eigenvalue weighted by molar-refractivity contribution is 6.38. The van der Waals surface area contributed by atoms with Crippen molar-refractivity contribution in [3.8, 4) is 11.5 Å². The zero-order chi connectivity index (χ0) is 18.4. The molecule has 0 spiro atoms. The van der Waals surface area contributed by atoms with E-state index in [1.54, 1.807) is 12.1 Å². The largest absolute Gasteiger partial charge is 0.788 e. The van der Waals surface area contributed by atoms with Crippen molar-refractivity contribution in [2.75, 3.05) is 27.2 Å². The number of aryl methyl sites for hydroxylation is 2. The quantitative estimate of drug-likeness (QED) is 0.623. The molecule has 0 atom stereocenters. The van der Waals surface area contributed by atoms with E-state index in [2.05, 4.69) is 0 Å². The molecule has 0 radical (unpaired) electrons. The lowest BCUT2D eigenvalue weighted by Gasteiger charge is -2.18. The van der Waals surface area contributed by atoms with E-state index >= 15 is 0 Å². The van der Waals surface area contributed by atoms with Crippen molar-refractivity contribution in [3.05, 3.63) is 57.6 Å². The Balaban J connectivity index is 2.10. The standard InChI is InChI=1S/C18H22BCl2NO3/c1-13-5-7-15(11-17(13)20)24-19(23-10-9-22(3)4)25-16-8-6-14(2)18(21)12-16/h5-8,11-12H,9-10H2,1-4H3. The SMILES string of the molecule is Cc1ccc(OB(OCCN(C)C)Oc2ccc(C)c(Cl)c2)cc1Cl. The first kappa shape index (κ1) is 19.9. The Kier molecular flexibility index (Phi) is 7.45. The number of halogens is 2. The molecule has 0 unspecified atom stereocenters. The van der Waals surface area contributed by atoms with Gasteiger partial charge in [-0.05, 0) is 63.3 Å². The van der Waals surface area contributed by atoms with E-state index in [9.17, 15) is 0 Å². The molecule has 2 aromatic rings. The minimum absolute atomic E-state index is 0.455. The van der Waals surface area contributed by atoms with Crippen LogP contribution in [-0.2, 0) is 4.65 Å². The molecule has 0 fully saturated rings. The lowest BCUT2D eigenvalue weighted by molar-refractivity contribution is 0.181. The minimum Gasteiger partial charge on any atom is -0.501 e. The smallest absolute Gasteiger partial charge is 0.501 e. The second-order valence-corrected chi connectivity index (χ2v) is 6.83. The summed E-state index contributed by atoms with van der Waals surface area (Å²) < 4.78 is 17.4. The fourth-order valence-corrected chi connectivity index (χ4v) is 2.28. The number of rotatable bonds is 8. The molecular formula is C18H22BCl2NO3. The molecule has 0 aromatic heterocycles. The van der Waals surface area contributed by atoms with Gasteiger partial charge in [0.2, 0.25) is 0 Å². The molecule has 0 aliphatic heterocycles. The van der Waals surface area contributed by atoms with Crippen LogP contribution in [0.5, 0.6) is 11.5 Å². The average Bonchev–Trinajstić information content (AvgIpc) is 2.54. The Labute approximate surface area is 159 Å². The first-order valence-electron chi connectivity index (χ1n) is 7.97. The first-order valence-corrected chi connectivity index (χ1v) is 8.72. The molecule has 0 aliphatic rings. The average molecular weight is 382 g/mol. The summed E-state index contributed by atoms with van der Waals surface area (Å²) in [7, 11) is 3.04. The van der Waals surface area contributed by atoms with Crippen molar-refractivity contribution in [1.29, 1.82) is 0 Å². The van der Waals surface area contributed by atoms with Crippen LogP contribution in [0.2, 0.25) is 10.0 Å².